The molecule has 1 aromatic heterocycles. The molecule has 0 N–H and O–H groups in total. The van der Waals surface area contributed by atoms with Gasteiger partial charge >= 0.3 is 0 Å². The maximum Gasteiger partial charge on any atom is 0.261 e. The molecule has 0 bridgehead atoms. The van der Waals surface area contributed by atoms with Crippen molar-refractivity contribution in [3.8, 4) is 0 Å². The summed E-state index contributed by atoms with van der Waals surface area (Å²) in [7, 11) is 0. The summed E-state index contributed by atoms with van der Waals surface area (Å²) >= 11 is 9.55. The van der Waals surface area contributed by atoms with Gasteiger partial charge in [0.1, 0.15) is 0 Å². The van der Waals surface area contributed by atoms with Crippen molar-refractivity contribution in [2.45, 2.75) is 6.54 Å². The van der Waals surface area contributed by atoms with Crippen LogP contribution in [0.2, 0.25) is 5.02 Å². The van der Waals surface area contributed by atoms with E-state index in [4.69, 9.17) is 11.6 Å². The highest BCUT2D eigenvalue weighted by Crippen LogP contribution is 2.21. The summed E-state index contributed by atoms with van der Waals surface area (Å²) in [4.78, 5) is 16.7. The summed E-state index contributed by atoms with van der Waals surface area (Å²) < 4.78 is 2.48. The Morgan fingerprint density at radius 3 is 2.80 bits per heavy atom. The Balaban J connectivity index is 2.07. The predicted octanol–water partition coefficient (Wildman–Crippen LogP) is 3.86. The molecule has 0 aliphatic heterocycles. The molecule has 0 saturated heterocycles. The third kappa shape index (κ3) is 2.49. The standard InChI is InChI=1S/C15H10BrClN2O/c16-11-6-5-10(13(17)7-11)8-19-9-18-14-4-2-1-3-12(14)15(19)20/h1-7,9H,8H2. The fourth-order valence-corrected chi connectivity index (χ4v) is 2.79. The van der Waals surface area contributed by atoms with E-state index in [1.54, 1.807) is 17.0 Å². The number of hydrogen-bond donors (Lipinski definition) is 0. The second-order valence-electron chi connectivity index (χ2n) is 4.43. The Labute approximate surface area is 129 Å². The molecular weight excluding hydrogens is 340 g/mol. The minimum absolute atomic E-state index is 0.0606. The van der Waals surface area contributed by atoms with E-state index in [1.807, 2.05) is 36.4 Å². The van der Waals surface area contributed by atoms with E-state index in [1.165, 1.54) is 0 Å². The zero-order valence-corrected chi connectivity index (χ0v) is 12.7. The van der Waals surface area contributed by atoms with Gasteiger partial charge in [-0.2, -0.15) is 0 Å². The van der Waals surface area contributed by atoms with E-state index >= 15 is 0 Å². The molecule has 0 aliphatic rings. The highest BCUT2D eigenvalue weighted by atomic mass is 79.9. The Kier molecular flexibility index (Phi) is 3.59. The summed E-state index contributed by atoms with van der Waals surface area (Å²) in [6, 6.07) is 12.9. The molecule has 3 nitrogen and oxygen atoms in total. The number of para-hydroxylation sites is 1. The molecule has 0 amide bonds. The van der Waals surface area contributed by atoms with Gasteiger partial charge < -0.3 is 0 Å². The van der Waals surface area contributed by atoms with Gasteiger partial charge in [-0.1, -0.05) is 45.7 Å². The van der Waals surface area contributed by atoms with Gasteiger partial charge in [0.15, 0.2) is 0 Å². The van der Waals surface area contributed by atoms with E-state index in [0.717, 1.165) is 10.0 Å². The Morgan fingerprint density at radius 2 is 2.00 bits per heavy atom. The first-order valence-electron chi connectivity index (χ1n) is 6.03. The van der Waals surface area contributed by atoms with Crippen LogP contribution in [0.4, 0.5) is 0 Å². The van der Waals surface area contributed by atoms with Crippen molar-refractivity contribution in [3.05, 3.63) is 74.2 Å². The van der Waals surface area contributed by atoms with Gasteiger partial charge in [-0.25, -0.2) is 4.98 Å². The Hall–Kier alpha value is -1.65. The lowest BCUT2D eigenvalue weighted by Gasteiger charge is -2.08. The molecule has 0 atom stereocenters. The van der Waals surface area contributed by atoms with Crippen LogP contribution in [-0.2, 0) is 6.54 Å². The Bertz CT molecular complexity index is 845. The summed E-state index contributed by atoms with van der Waals surface area (Å²) in [6.07, 6.45) is 1.56. The summed E-state index contributed by atoms with van der Waals surface area (Å²) in [5, 5.41) is 1.24. The highest BCUT2D eigenvalue weighted by molar-refractivity contribution is 9.10. The first kappa shape index (κ1) is 13.3. The second-order valence-corrected chi connectivity index (χ2v) is 5.75. The van der Waals surface area contributed by atoms with Crippen LogP contribution in [0.25, 0.3) is 10.9 Å². The fraction of sp³-hybridized carbons (Fsp3) is 0.0667. The molecule has 0 saturated carbocycles. The average Bonchev–Trinajstić information content (AvgIpc) is 2.45. The highest BCUT2D eigenvalue weighted by Gasteiger charge is 2.06. The first-order chi connectivity index (χ1) is 9.65. The molecule has 20 heavy (non-hydrogen) atoms. The third-order valence-corrected chi connectivity index (χ3v) is 3.93. The van der Waals surface area contributed by atoms with Crippen LogP contribution >= 0.6 is 27.5 Å². The molecule has 0 radical (unpaired) electrons. The first-order valence-corrected chi connectivity index (χ1v) is 7.20. The summed E-state index contributed by atoms with van der Waals surface area (Å²) in [6.45, 7) is 0.406. The van der Waals surface area contributed by atoms with Crippen LogP contribution in [0.1, 0.15) is 5.56 Å². The summed E-state index contributed by atoms with van der Waals surface area (Å²) in [5.41, 5.74) is 1.53. The molecule has 3 aromatic rings. The fourth-order valence-electron chi connectivity index (χ4n) is 2.05. The van der Waals surface area contributed by atoms with E-state index in [0.29, 0.717) is 22.5 Å². The van der Waals surface area contributed by atoms with Crippen LogP contribution in [0, 0.1) is 0 Å². The van der Waals surface area contributed by atoms with Gasteiger partial charge in [-0.05, 0) is 29.8 Å². The number of hydrogen-bond acceptors (Lipinski definition) is 2. The molecule has 0 spiro atoms. The van der Waals surface area contributed by atoms with Gasteiger partial charge in [0, 0.05) is 9.50 Å². The van der Waals surface area contributed by atoms with Crippen LogP contribution in [-0.4, -0.2) is 9.55 Å². The SMILES string of the molecule is O=c1c2ccccc2ncn1Cc1ccc(Br)cc1Cl. The number of fused-ring (bicyclic) bond motifs is 1. The maximum atomic E-state index is 12.4. The van der Waals surface area contributed by atoms with Crippen molar-refractivity contribution in [3.63, 3.8) is 0 Å². The minimum Gasteiger partial charge on any atom is -0.294 e. The monoisotopic (exact) mass is 348 g/mol. The number of halogens is 2. The van der Waals surface area contributed by atoms with Gasteiger partial charge in [0.05, 0.1) is 23.8 Å². The van der Waals surface area contributed by atoms with Crippen LogP contribution in [0.3, 0.4) is 0 Å². The van der Waals surface area contributed by atoms with Crippen LogP contribution < -0.4 is 5.56 Å². The van der Waals surface area contributed by atoms with E-state index in [-0.39, 0.29) is 5.56 Å². The normalized spacial score (nSPS) is 10.9. The van der Waals surface area contributed by atoms with Crippen molar-refractivity contribution < 1.29 is 0 Å². The predicted molar refractivity (Wildman–Crippen MR) is 84.3 cm³/mol. The number of nitrogens with zero attached hydrogens (tertiary/aromatic N) is 2. The number of aromatic nitrogens is 2. The maximum absolute atomic E-state index is 12.4. The van der Waals surface area contributed by atoms with Gasteiger partial charge in [0.2, 0.25) is 0 Å². The van der Waals surface area contributed by atoms with Gasteiger partial charge in [0.25, 0.3) is 5.56 Å². The molecule has 100 valence electrons. The molecular formula is C15H10BrClN2O. The molecule has 0 aliphatic carbocycles. The van der Waals surface area contributed by atoms with Crippen molar-refractivity contribution in [1.82, 2.24) is 9.55 Å². The lowest BCUT2D eigenvalue weighted by molar-refractivity contribution is 0.748. The van der Waals surface area contributed by atoms with Gasteiger partial charge in [-0.3, -0.25) is 9.36 Å². The molecule has 2 aromatic carbocycles. The van der Waals surface area contributed by atoms with Crippen molar-refractivity contribution in [2.75, 3.05) is 0 Å². The van der Waals surface area contributed by atoms with E-state index in [2.05, 4.69) is 20.9 Å². The third-order valence-electron chi connectivity index (χ3n) is 3.09. The number of benzene rings is 2. The summed E-state index contributed by atoms with van der Waals surface area (Å²) in [5.74, 6) is 0. The average molecular weight is 350 g/mol. The smallest absolute Gasteiger partial charge is 0.261 e. The van der Waals surface area contributed by atoms with Crippen molar-refractivity contribution in [2.24, 2.45) is 0 Å². The second kappa shape index (κ2) is 5.38. The molecule has 3 rings (SSSR count). The molecule has 0 unspecified atom stereocenters. The minimum atomic E-state index is -0.0606. The largest absolute Gasteiger partial charge is 0.294 e. The number of rotatable bonds is 2. The Morgan fingerprint density at radius 1 is 1.20 bits per heavy atom. The lowest BCUT2D eigenvalue weighted by atomic mass is 10.2. The molecule has 5 heteroatoms. The van der Waals surface area contributed by atoms with Gasteiger partial charge in [-0.15, -0.1) is 0 Å². The quantitative estimate of drug-likeness (QED) is 0.704. The van der Waals surface area contributed by atoms with Crippen molar-refractivity contribution in [1.29, 1.82) is 0 Å². The molecule has 0 fully saturated rings. The van der Waals surface area contributed by atoms with E-state index < -0.39 is 0 Å². The van der Waals surface area contributed by atoms with Crippen molar-refractivity contribution >= 4 is 38.4 Å². The van der Waals surface area contributed by atoms with E-state index in [9.17, 15) is 4.79 Å². The lowest BCUT2D eigenvalue weighted by Crippen LogP contribution is -2.21. The topological polar surface area (TPSA) is 34.9 Å². The zero-order valence-electron chi connectivity index (χ0n) is 10.4. The zero-order chi connectivity index (χ0) is 14.1. The van der Waals surface area contributed by atoms with Crippen LogP contribution in [0.15, 0.2) is 58.1 Å². The molecule has 1 heterocycles. The van der Waals surface area contributed by atoms with Crippen LogP contribution in [0.5, 0.6) is 0 Å².